The zero-order valence-electron chi connectivity index (χ0n) is 15.8. The molecule has 3 aliphatic carbocycles. The summed E-state index contributed by atoms with van der Waals surface area (Å²) in [5.74, 6) is -0.932. The van der Waals surface area contributed by atoms with Crippen molar-refractivity contribution >= 4 is 11.6 Å². The Morgan fingerprint density at radius 2 is 1.68 bits per heavy atom. The number of hydrogen-bond acceptors (Lipinski definition) is 6. The normalized spacial score (nSPS) is 13.1. The van der Waals surface area contributed by atoms with Gasteiger partial charge in [-0.2, -0.15) is 0 Å². The quantitative estimate of drug-likeness (QED) is 0.497. The van der Waals surface area contributed by atoms with E-state index < -0.39 is 11.6 Å². The van der Waals surface area contributed by atoms with Gasteiger partial charge in [0, 0.05) is 11.3 Å². The predicted octanol–water partition coefficient (Wildman–Crippen LogP) is 3.86. The minimum atomic E-state index is -0.620. The van der Waals surface area contributed by atoms with Crippen LogP contribution in [0.25, 0.3) is 0 Å². The molecule has 0 heterocycles. The van der Waals surface area contributed by atoms with Gasteiger partial charge in [0.25, 0.3) is 0 Å². The number of ketones is 2. The number of phenolic OH excluding ortho intramolecular Hbond substituents is 2. The molecule has 1 aromatic rings. The number of rotatable bonds is 6. The SMILES string of the molecule is CCCCCOc1cc2ccc1=2.COC1=CC(=O)c2c(O)ccc(O)c2C1=O. The Hall–Kier alpha value is -3.28. The maximum absolute atomic E-state index is 11.7. The lowest BCUT2D eigenvalue weighted by molar-refractivity contribution is 0.0912. The number of allylic oxidation sites excluding steroid dienone is 2. The summed E-state index contributed by atoms with van der Waals surface area (Å²) in [6.07, 6.45) is 4.70. The van der Waals surface area contributed by atoms with Gasteiger partial charge in [-0.3, -0.25) is 9.59 Å². The molecule has 0 amide bonds. The summed E-state index contributed by atoms with van der Waals surface area (Å²) < 4.78 is 10.3. The number of hydrogen-bond donors (Lipinski definition) is 2. The van der Waals surface area contributed by atoms with Crippen LogP contribution in [0.5, 0.6) is 17.2 Å². The van der Waals surface area contributed by atoms with Gasteiger partial charge in [-0.1, -0.05) is 31.9 Å². The van der Waals surface area contributed by atoms with Gasteiger partial charge in [-0.15, -0.1) is 0 Å². The molecule has 6 heteroatoms. The Balaban J connectivity index is 0.000000167. The van der Waals surface area contributed by atoms with Crippen LogP contribution in [-0.4, -0.2) is 35.5 Å². The minimum absolute atomic E-state index is 0.154. The van der Waals surface area contributed by atoms with E-state index in [-0.39, 0.29) is 28.4 Å². The van der Waals surface area contributed by atoms with Crippen molar-refractivity contribution in [1.29, 1.82) is 0 Å². The van der Waals surface area contributed by atoms with Crippen LogP contribution in [0.4, 0.5) is 0 Å². The number of carbonyl (C=O) groups excluding carboxylic acids is 2. The number of ether oxygens (including phenoxy) is 2. The van der Waals surface area contributed by atoms with E-state index in [1.165, 1.54) is 36.8 Å². The fourth-order valence-corrected chi connectivity index (χ4v) is 3.00. The first-order chi connectivity index (χ1) is 13.5. The van der Waals surface area contributed by atoms with Crippen molar-refractivity contribution in [2.24, 2.45) is 0 Å². The van der Waals surface area contributed by atoms with Crippen molar-refractivity contribution in [3.63, 3.8) is 0 Å². The van der Waals surface area contributed by atoms with E-state index in [9.17, 15) is 19.8 Å². The molecule has 0 aromatic heterocycles. The number of carbonyl (C=O) groups is 2. The molecule has 0 spiro atoms. The third kappa shape index (κ3) is 3.58. The molecule has 0 fully saturated rings. The molecule has 0 saturated carbocycles. The van der Waals surface area contributed by atoms with E-state index in [2.05, 4.69) is 25.1 Å². The van der Waals surface area contributed by atoms with Crippen LogP contribution in [-0.2, 0) is 4.74 Å². The zero-order valence-corrected chi connectivity index (χ0v) is 15.8. The number of methoxy groups -OCH3 is 1. The first-order valence-electron chi connectivity index (χ1n) is 9.14. The van der Waals surface area contributed by atoms with Crippen LogP contribution in [0.3, 0.4) is 0 Å². The lowest BCUT2D eigenvalue weighted by Gasteiger charge is -2.15. The minimum Gasteiger partial charge on any atom is -0.507 e. The fraction of sp³-hybridized carbons (Fsp3) is 0.273. The third-order valence-electron chi connectivity index (χ3n) is 4.64. The van der Waals surface area contributed by atoms with E-state index in [1.54, 1.807) is 0 Å². The molecule has 2 N–H and O–H groups in total. The number of Topliss-reactive ketones (excluding diaryl/α,β-unsaturated/α-hetero) is 1. The van der Waals surface area contributed by atoms with Crippen LogP contribution in [0.15, 0.2) is 42.2 Å². The smallest absolute Gasteiger partial charge is 0.232 e. The summed E-state index contributed by atoms with van der Waals surface area (Å²) in [4.78, 5) is 23.3. The average Bonchev–Trinajstić information content (AvgIpc) is 2.67. The second kappa shape index (κ2) is 8.17. The largest absolute Gasteiger partial charge is 0.507 e. The standard InChI is InChI=1S/C11H8O5.C11H14O/c1-16-8-4-7(14)9-5(12)2-3-6(13)10(9)11(8)15;1-2-3-4-7-12-11-8-9-5-6-10(9)11/h2-4,12-13H,1H3;5-6,8H,2-4,7H2,1H3. The molecule has 0 aliphatic heterocycles. The highest BCUT2D eigenvalue weighted by Crippen LogP contribution is 2.34. The molecule has 3 aliphatic rings. The van der Waals surface area contributed by atoms with E-state index in [0.717, 1.165) is 30.6 Å². The number of fused-ring (bicyclic) bond motifs is 1. The molecule has 0 bridgehead atoms. The summed E-state index contributed by atoms with van der Waals surface area (Å²) in [6, 6.07) is 8.66. The molecular weight excluding hydrogens is 360 g/mol. The molecule has 28 heavy (non-hydrogen) atoms. The van der Waals surface area contributed by atoms with E-state index in [1.807, 2.05) is 0 Å². The second-order valence-corrected chi connectivity index (χ2v) is 6.53. The van der Waals surface area contributed by atoms with E-state index in [0.29, 0.717) is 0 Å². The third-order valence-corrected chi connectivity index (χ3v) is 4.64. The number of phenols is 2. The highest BCUT2D eigenvalue weighted by Gasteiger charge is 2.31. The van der Waals surface area contributed by atoms with Crippen LogP contribution >= 0.6 is 0 Å². The lowest BCUT2D eigenvalue weighted by atomic mass is 9.92. The summed E-state index contributed by atoms with van der Waals surface area (Å²) in [5.41, 5.74) is -0.407. The first-order valence-corrected chi connectivity index (χ1v) is 9.14. The van der Waals surface area contributed by atoms with Gasteiger partial charge in [-0.25, -0.2) is 0 Å². The molecule has 4 rings (SSSR count). The number of aromatic hydroxyl groups is 2. The predicted molar refractivity (Wildman–Crippen MR) is 103 cm³/mol. The highest BCUT2D eigenvalue weighted by atomic mass is 16.5. The van der Waals surface area contributed by atoms with Crippen LogP contribution in [0, 0.1) is 10.4 Å². The topological polar surface area (TPSA) is 93.1 Å². The Kier molecular flexibility index (Phi) is 5.68. The van der Waals surface area contributed by atoms with Crippen LogP contribution in [0.2, 0.25) is 0 Å². The van der Waals surface area contributed by atoms with Crippen molar-refractivity contribution in [2.45, 2.75) is 26.2 Å². The van der Waals surface area contributed by atoms with Crippen molar-refractivity contribution in [1.82, 2.24) is 0 Å². The summed E-state index contributed by atoms with van der Waals surface area (Å²) in [7, 11) is 1.25. The number of benzene rings is 2. The van der Waals surface area contributed by atoms with Crippen LogP contribution < -0.4 is 4.74 Å². The monoisotopic (exact) mass is 382 g/mol. The summed E-state index contributed by atoms with van der Waals surface area (Å²) >= 11 is 0. The van der Waals surface area contributed by atoms with Gasteiger partial charge in [0.2, 0.25) is 5.78 Å². The Morgan fingerprint density at radius 1 is 0.964 bits per heavy atom. The molecule has 0 unspecified atom stereocenters. The van der Waals surface area contributed by atoms with Gasteiger partial charge in [0.15, 0.2) is 11.5 Å². The van der Waals surface area contributed by atoms with Gasteiger partial charge < -0.3 is 19.7 Å². The Labute approximate surface area is 162 Å². The summed E-state index contributed by atoms with van der Waals surface area (Å²) in [5, 5.41) is 21.7. The maximum Gasteiger partial charge on any atom is 0.232 e. The highest BCUT2D eigenvalue weighted by molar-refractivity contribution is 6.25. The molecular formula is C22H22O6. The molecule has 1 aromatic carbocycles. The Bertz CT molecular complexity index is 1050. The second-order valence-electron chi connectivity index (χ2n) is 6.53. The first kappa shape index (κ1) is 19.5. The van der Waals surface area contributed by atoms with Gasteiger partial charge >= 0.3 is 0 Å². The molecule has 0 radical (unpaired) electrons. The summed E-state index contributed by atoms with van der Waals surface area (Å²) in [6.45, 7) is 3.09. The van der Waals surface area contributed by atoms with Crippen LogP contribution in [0.1, 0.15) is 46.9 Å². The molecule has 0 atom stereocenters. The fourth-order valence-electron chi connectivity index (χ4n) is 3.00. The van der Waals surface area contributed by atoms with Crippen molar-refractivity contribution in [2.75, 3.05) is 13.7 Å². The molecule has 0 saturated heterocycles. The maximum atomic E-state index is 11.7. The van der Waals surface area contributed by atoms with Gasteiger partial charge in [-0.05, 0) is 29.8 Å². The molecule has 6 nitrogen and oxygen atoms in total. The van der Waals surface area contributed by atoms with Crippen molar-refractivity contribution in [3.05, 3.63) is 63.7 Å². The lowest BCUT2D eigenvalue weighted by Crippen LogP contribution is -2.18. The van der Waals surface area contributed by atoms with Crippen molar-refractivity contribution in [3.8, 4) is 17.2 Å². The average molecular weight is 382 g/mol. The van der Waals surface area contributed by atoms with Gasteiger partial charge in [0.05, 0.1) is 24.8 Å². The van der Waals surface area contributed by atoms with E-state index in [4.69, 9.17) is 9.47 Å². The molecule has 146 valence electrons. The van der Waals surface area contributed by atoms with Gasteiger partial charge in [0.1, 0.15) is 17.2 Å². The van der Waals surface area contributed by atoms with E-state index >= 15 is 0 Å². The Morgan fingerprint density at radius 3 is 2.21 bits per heavy atom. The van der Waals surface area contributed by atoms with Crippen molar-refractivity contribution < 1.29 is 29.3 Å². The number of unbranched alkanes of at least 4 members (excludes halogenated alkanes) is 2. The zero-order chi connectivity index (χ0) is 20.3.